The lowest BCUT2D eigenvalue weighted by atomic mass is 10.2. The van der Waals surface area contributed by atoms with Gasteiger partial charge in [-0.05, 0) is 24.7 Å². The third-order valence-corrected chi connectivity index (χ3v) is 4.15. The van der Waals surface area contributed by atoms with Gasteiger partial charge in [0.05, 0.1) is 17.3 Å². The maximum Gasteiger partial charge on any atom is 0.114 e. The van der Waals surface area contributed by atoms with Gasteiger partial charge < -0.3 is 10.1 Å². The lowest BCUT2D eigenvalue weighted by molar-refractivity contribution is 0.0246. The van der Waals surface area contributed by atoms with Crippen LogP contribution in [0.15, 0.2) is 11.1 Å². The lowest BCUT2D eigenvalue weighted by Gasteiger charge is -2.21. The van der Waals surface area contributed by atoms with Gasteiger partial charge in [0, 0.05) is 19.6 Å². The number of fused-ring (bicyclic) bond motifs is 1. The Morgan fingerprint density at radius 3 is 3.38 bits per heavy atom. The normalized spacial score (nSPS) is 26.1. The minimum atomic E-state index is 0.147. The summed E-state index contributed by atoms with van der Waals surface area (Å²) < 4.78 is 7.87. The highest BCUT2D eigenvalue weighted by Gasteiger charge is 2.21. The molecule has 0 saturated carbocycles. The summed E-state index contributed by atoms with van der Waals surface area (Å²) in [5.74, 6) is 1.22. The largest absolute Gasteiger partial charge is 0.369 e. The van der Waals surface area contributed by atoms with Crippen molar-refractivity contribution in [3.8, 4) is 0 Å². The summed E-state index contributed by atoms with van der Waals surface area (Å²) in [5.41, 5.74) is 1.09. The molecule has 4 nitrogen and oxygen atoms in total. The van der Waals surface area contributed by atoms with Crippen LogP contribution in [-0.4, -0.2) is 35.2 Å². The first-order valence-corrected chi connectivity index (χ1v) is 6.95. The van der Waals surface area contributed by atoms with Crippen molar-refractivity contribution in [1.82, 2.24) is 15.1 Å². The van der Waals surface area contributed by atoms with Gasteiger partial charge in [0.1, 0.15) is 6.10 Å². The smallest absolute Gasteiger partial charge is 0.114 e. The first-order valence-electron chi connectivity index (χ1n) is 5.96. The van der Waals surface area contributed by atoms with Crippen molar-refractivity contribution in [2.45, 2.75) is 30.5 Å². The minimum Gasteiger partial charge on any atom is -0.369 e. The van der Waals surface area contributed by atoms with Crippen LogP contribution in [0.2, 0.25) is 0 Å². The van der Waals surface area contributed by atoms with Crippen molar-refractivity contribution >= 4 is 11.8 Å². The molecule has 0 spiro atoms. The van der Waals surface area contributed by atoms with Crippen LogP contribution in [-0.2, 0) is 11.3 Å². The summed E-state index contributed by atoms with van der Waals surface area (Å²) in [6, 6.07) is 2.20. The molecule has 0 bridgehead atoms. The zero-order valence-corrected chi connectivity index (χ0v) is 10.1. The number of morpholine rings is 1. The standard InChI is InChI=1S/C11H17N3OS/c1-2-6-16-11-7-9(13-14(11)4-1)10-8-12-3-5-15-10/h7,10,12H,1-6,8H2. The molecule has 2 aliphatic rings. The fraction of sp³-hybridized carbons (Fsp3) is 0.727. The predicted molar refractivity (Wildman–Crippen MR) is 63.7 cm³/mol. The molecule has 2 aliphatic heterocycles. The Balaban J connectivity index is 1.80. The number of ether oxygens (including phenoxy) is 1. The summed E-state index contributed by atoms with van der Waals surface area (Å²) in [6.07, 6.45) is 2.68. The molecule has 0 radical (unpaired) electrons. The van der Waals surface area contributed by atoms with Gasteiger partial charge >= 0.3 is 0 Å². The van der Waals surface area contributed by atoms with Crippen molar-refractivity contribution in [2.75, 3.05) is 25.4 Å². The molecule has 1 fully saturated rings. The molecule has 1 saturated heterocycles. The second-order valence-corrected chi connectivity index (χ2v) is 5.36. The van der Waals surface area contributed by atoms with E-state index in [1.807, 2.05) is 11.8 Å². The van der Waals surface area contributed by atoms with E-state index in [1.165, 1.54) is 23.6 Å². The molecule has 16 heavy (non-hydrogen) atoms. The molecule has 1 unspecified atom stereocenters. The van der Waals surface area contributed by atoms with Crippen LogP contribution in [0.3, 0.4) is 0 Å². The molecule has 88 valence electrons. The van der Waals surface area contributed by atoms with E-state index in [2.05, 4.69) is 21.2 Å². The minimum absolute atomic E-state index is 0.147. The Bertz CT molecular complexity index is 337. The van der Waals surface area contributed by atoms with Gasteiger partial charge in [-0.1, -0.05) is 0 Å². The van der Waals surface area contributed by atoms with Crippen molar-refractivity contribution < 1.29 is 4.74 Å². The number of hydrogen-bond acceptors (Lipinski definition) is 4. The van der Waals surface area contributed by atoms with Gasteiger partial charge in [0.15, 0.2) is 0 Å². The fourth-order valence-electron chi connectivity index (χ4n) is 2.15. The van der Waals surface area contributed by atoms with Crippen LogP contribution in [0.5, 0.6) is 0 Å². The second-order valence-electron chi connectivity index (χ2n) is 4.25. The van der Waals surface area contributed by atoms with E-state index in [4.69, 9.17) is 4.74 Å². The van der Waals surface area contributed by atoms with Gasteiger partial charge in [-0.15, -0.1) is 11.8 Å². The Labute approximate surface area is 99.7 Å². The SMILES string of the molecule is c1c(C2CNCCO2)nn2c1SCCCC2. The Morgan fingerprint density at radius 1 is 1.50 bits per heavy atom. The van der Waals surface area contributed by atoms with Crippen LogP contribution >= 0.6 is 11.8 Å². The van der Waals surface area contributed by atoms with Crippen LogP contribution < -0.4 is 5.32 Å². The molecule has 5 heteroatoms. The van der Waals surface area contributed by atoms with E-state index in [9.17, 15) is 0 Å². The van der Waals surface area contributed by atoms with E-state index in [0.717, 1.165) is 31.9 Å². The highest BCUT2D eigenvalue weighted by Crippen LogP contribution is 2.28. The van der Waals surface area contributed by atoms with Crippen LogP contribution in [0.4, 0.5) is 0 Å². The lowest BCUT2D eigenvalue weighted by Crippen LogP contribution is -2.33. The van der Waals surface area contributed by atoms with Crippen LogP contribution in [0.25, 0.3) is 0 Å². The van der Waals surface area contributed by atoms with Gasteiger partial charge in [0.25, 0.3) is 0 Å². The molecule has 1 atom stereocenters. The second kappa shape index (κ2) is 4.77. The molecule has 0 aliphatic carbocycles. The third kappa shape index (κ3) is 2.12. The Kier molecular flexibility index (Phi) is 3.17. The third-order valence-electron chi connectivity index (χ3n) is 3.03. The summed E-state index contributed by atoms with van der Waals surface area (Å²) in [4.78, 5) is 0. The molecular formula is C11H17N3OS. The topological polar surface area (TPSA) is 39.1 Å². The maximum atomic E-state index is 5.73. The number of thioether (sulfide) groups is 1. The van der Waals surface area contributed by atoms with Gasteiger partial charge in [-0.2, -0.15) is 5.10 Å². The molecule has 3 heterocycles. The monoisotopic (exact) mass is 239 g/mol. The van der Waals surface area contributed by atoms with Gasteiger partial charge in [-0.3, -0.25) is 4.68 Å². The van der Waals surface area contributed by atoms with E-state index < -0.39 is 0 Å². The highest BCUT2D eigenvalue weighted by atomic mass is 32.2. The number of aryl methyl sites for hydroxylation is 1. The van der Waals surface area contributed by atoms with Crippen LogP contribution in [0, 0.1) is 0 Å². The average Bonchev–Trinajstić information content (AvgIpc) is 2.62. The average molecular weight is 239 g/mol. The molecule has 3 rings (SSSR count). The van der Waals surface area contributed by atoms with Crippen molar-refractivity contribution in [3.63, 3.8) is 0 Å². The van der Waals surface area contributed by atoms with E-state index in [0.29, 0.717) is 0 Å². The predicted octanol–water partition coefficient (Wildman–Crippen LogP) is 1.43. The van der Waals surface area contributed by atoms with Gasteiger partial charge in [0.2, 0.25) is 0 Å². The maximum absolute atomic E-state index is 5.73. The zero-order chi connectivity index (χ0) is 10.8. The number of nitrogens with one attached hydrogen (secondary N) is 1. The van der Waals surface area contributed by atoms with Crippen molar-refractivity contribution in [3.05, 3.63) is 11.8 Å². The Morgan fingerprint density at radius 2 is 2.50 bits per heavy atom. The summed E-state index contributed by atoms with van der Waals surface area (Å²) in [7, 11) is 0. The molecule has 0 amide bonds. The van der Waals surface area contributed by atoms with E-state index >= 15 is 0 Å². The molecule has 1 N–H and O–H groups in total. The Hall–Kier alpha value is -0.520. The van der Waals surface area contributed by atoms with Gasteiger partial charge in [-0.25, -0.2) is 0 Å². The summed E-state index contributed by atoms with van der Waals surface area (Å²) in [6.45, 7) is 3.70. The van der Waals surface area contributed by atoms with Crippen molar-refractivity contribution in [2.24, 2.45) is 0 Å². The molecule has 1 aromatic heterocycles. The van der Waals surface area contributed by atoms with Crippen LogP contribution in [0.1, 0.15) is 24.6 Å². The van der Waals surface area contributed by atoms with E-state index in [-0.39, 0.29) is 6.10 Å². The number of aromatic nitrogens is 2. The van der Waals surface area contributed by atoms with E-state index in [1.54, 1.807) is 0 Å². The summed E-state index contributed by atoms with van der Waals surface area (Å²) in [5, 5.41) is 9.32. The number of hydrogen-bond donors (Lipinski definition) is 1. The molecule has 0 aromatic carbocycles. The summed E-state index contributed by atoms with van der Waals surface area (Å²) >= 11 is 1.92. The molecular weight excluding hydrogens is 222 g/mol. The first kappa shape index (κ1) is 10.6. The first-order chi connectivity index (χ1) is 7.93. The van der Waals surface area contributed by atoms with Crippen molar-refractivity contribution in [1.29, 1.82) is 0 Å². The number of rotatable bonds is 1. The fourth-order valence-corrected chi connectivity index (χ4v) is 3.19. The quantitative estimate of drug-likeness (QED) is 0.804. The highest BCUT2D eigenvalue weighted by molar-refractivity contribution is 7.99. The zero-order valence-electron chi connectivity index (χ0n) is 9.32. The number of nitrogens with zero attached hydrogens (tertiary/aromatic N) is 2. The molecule has 1 aromatic rings.